The van der Waals surface area contributed by atoms with E-state index < -0.39 is 0 Å². The number of furan rings is 1. The van der Waals surface area contributed by atoms with Crippen molar-refractivity contribution in [1.29, 1.82) is 0 Å². The van der Waals surface area contributed by atoms with Gasteiger partial charge in [-0.05, 0) is 41.5 Å². The number of fused-ring (bicyclic) bond motifs is 9. The molecule has 4 nitrogen and oxygen atoms in total. The molecule has 0 atom stereocenters. The van der Waals surface area contributed by atoms with E-state index in [1.807, 2.05) is 18.2 Å². The van der Waals surface area contributed by atoms with Crippen molar-refractivity contribution in [3.63, 3.8) is 0 Å². The Labute approximate surface area is 271 Å². The summed E-state index contributed by atoms with van der Waals surface area (Å²) in [5.41, 5.74) is 12.5. The van der Waals surface area contributed by atoms with Crippen LogP contribution in [-0.2, 0) is 5.41 Å². The van der Waals surface area contributed by atoms with Crippen LogP contribution in [0.25, 0.3) is 83.2 Å². The maximum Gasteiger partial charge on any atom is 0.160 e. The van der Waals surface area contributed by atoms with Crippen molar-refractivity contribution in [2.75, 3.05) is 0 Å². The molecular weight excluding hydrogens is 574 g/mol. The first kappa shape index (κ1) is 26.2. The van der Waals surface area contributed by atoms with E-state index in [1.165, 1.54) is 16.5 Å². The predicted octanol–water partition coefficient (Wildman–Crippen LogP) is 11.1. The minimum atomic E-state index is -0.275. The average Bonchev–Trinajstić information content (AvgIpc) is 3.72. The van der Waals surface area contributed by atoms with Crippen LogP contribution in [0.15, 0.2) is 144 Å². The summed E-state index contributed by atoms with van der Waals surface area (Å²) in [6, 6.07) is 49.2. The Morgan fingerprint density at radius 3 is 2.13 bits per heavy atom. The molecular formula is C43H29N3O. The van der Waals surface area contributed by atoms with Gasteiger partial charge in [-0.15, -0.1) is 0 Å². The van der Waals surface area contributed by atoms with Crippen molar-refractivity contribution in [2.24, 2.45) is 0 Å². The molecule has 222 valence electrons. The fourth-order valence-electron chi connectivity index (χ4n) is 7.77. The predicted molar refractivity (Wildman–Crippen MR) is 192 cm³/mol. The molecule has 10 rings (SSSR count). The van der Waals surface area contributed by atoms with Crippen molar-refractivity contribution in [3.8, 4) is 39.5 Å². The number of hydrogen-bond acceptors (Lipinski definition) is 3. The normalized spacial score (nSPS) is 13.5. The van der Waals surface area contributed by atoms with E-state index >= 15 is 0 Å². The molecule has 47 heavy (non-hydrogen) atoms. The minimum Gasteiger partial charge on any atom is -0.456 e. The molecule has 0 fully saturated rings. The lowest BCUT2D eigenvalue weighted by Crippen LogP contribution is -2.17. The van der Waals surface area contributed by atoms with Gasteiger partial charge in [0.1, 0.15) is 11.2 Å². The third-order valence-corrected chi connectivity index (χ3v) is 9.97. The number of rotatable bonds is 3. The smallest absolute Gasteiger partial charge is 0.160 e. The lowest BCUT2D eigenvalue weighted by molar-refractivity contribution is 0.636. The number of nitrogens with zero attached hydrogens (tertiary/aromatic N) is 3. The summed E-state index contributed by atoms with van der Waals surface area (Å²) >= 11 is 0. The molecule has 0 bridgehead atoms. The van der Waals surface area contributed by atoms with E-state index in [9.17, 15) is 0 Å². The lowest BCUT2D eigenvalue weighted by Gasteiger charge is -2.21. The summed E-state index contributed by atoms with van der Waals surface area (Å²) in [7, 11) is 0. The molecule has 4 heteroatoms. The van der Waals surface area contributed by atoms with Gasteiger partial charge in [-0.3, -0.25) is 0 Å². The van der Waals surface area contributed by atoms with E-state index in [1.54, 1.807) is 0 Å². The monoisotopic (exact) mass is 603 g/mol. The molecule has 3 aromatic heterocycles. The maximum atomic E-state index is 6.35. The van der Waals surface area contributed by atoms with Crippen LogP contribution >= 0.6 is 0 Å². The van der Waals surface area contributed by atoms with E-state index in [4.69, 9.17) is 14.4 Å². The van der Waals surface area contributed by atoms with Gasteiger partial charge in [0.05, 0.1) is 28.1 Å². The lowest BCUT2D eigenvalue weighted by atomic mass is 9.85. The molecule has 0 saturated heterocycles. The SMILES string of the molecule is CC1(C)c2ccccc2-c2c(-c3ccccc3-n3c4ccccc4c4cc5oc6ccccc6c5cc43)nc(-c3ccccc3)nc21. The fraction of sp³-hybridized carbons (Fsp3) is 0.0698. The minimum absolute atomic E-state index is 0.275. The molecule has 1 aliphatic carbocycles. The van der Waals surface area contributed by atoms with Gasteiger partial charge in [0.15, 0.2) is 5.82 Å². The second-order valence-corrected chi connectivity index (χ2v) is 13.0. The average molecular weight is 604 g/mol. The molecule has 0 radical (unpaired) electrons. The Morgan fingerprint density at radius 2 is 1.26 bits per heavy atom. The molecule has 0 amide bonds. The van der Waals surface area contributed by atoms with Gasteiger partial charge in [0.25, 0.3) is 0 Å². The van der Waals surface area contributed by atoms with Crippen LogP contribution in [0.3, 0.4) is 0 Å². The molecule has 0 aliphatic heterocycles. The van der Waals surface area contributed by atoms with E-state index in [0.717, 1.165) is 77.9 Å². The summed E-state index contributed by atoms with van der Waals surface area (Å²) in [5.74, 6) is 0.740. The standard InChI is InChI=1S/C43H29N3O/c1-43(2)33-20-10-6-18-29(33)39-40(44-42(45-41(39)43)26-14-4-3-5-15-26)30-19-8-12-22-35(30)46-34-21-11-7-16-27(34)31-25-38-32(24-36(31)46)28-17-9-13-23-37(28)47-38/h3-25H,1-2H3. The van der Waals surface area contributed by atoms with Gasteiger partial charge in [0.2, 0.25) is 0 Å². The summed E-state index contributed by atoms with van der Waals surface area (Å²) < 4.78 is 8.76. The quantitative estimate of drug-likeness (QED) is 0.202. The van der Waals surface area contributed by atoms with Gasteiger partial charge in [0, 0.05) is 43.7 Å². The molecule has 1 aliphatic rings. The highest BCUT2D eigenvalue weighted by Gasteiger charge is 2.40. The number of hydrogen-bond donors (Lipinski definition) is 0. The van der Waals surface area contributed by atoms with Gasteiger partial charge in [-0.25, -0.2) is 9.97 Å². The van der Waals surface area contributed by atoms with Crippen molar-refractivity contribution >= 4 is 43.7 Å². The third-order valence-electron chi connectivity index (χ3n) is 9.97. The van der Waals surface area contributed by atoms with Crippen LogP contribution in [0.4, 0.5) is 0 Å². The van der Waals surface area contributed by atoms with Crippen LogP contribution in [-0.4, -0.2) is 14.5 Å². The maximum absolute atomic E-state index is 6.35. The highest BCUT2D eigenvalue weighted by Crippen LogP contribution is 2.52. The molecule has 3 heterocycles. The third kappa shape index (κ3) is 3.64. The largest absolute Gasteiger partial charge is 0.456 e. The van der Waals surface area contributed by atoms with Crippen LogP contribution in [0.2, 0.25) is 0 Å². The summed E-state index contributed by atoms with van der Waals surface area (Å²) in [6.07, 6.45) is 0. The second-order valence-electron chi connectivity index (χ2n) is 13.0. The zero-order chi connectivity index (χ0) is 31.3. The fourth-order valence-corrected chi connectivity index (χ4v) is 7.77. The Bertz CT molecular complexity index is 2710. The molecule has 9 aromatic rings. The Balaban J connectivity index is 1.33. The zero-order valence-electron chi connectivity index (χ0n) is 26.0. The van der Waals surface area contributed by atoms with Crippen LogP contribution in [0.5, 0.6) is 0 Å². The zero-order valence-corrected chi connectivity index (χ0v) is 26.0. The topological polar surface area (TPSA) is 43.9 Å². The van der Waals surface area contributed by atoms with Crippen molar-refractivity contribution < 1.29 is 4.42 Å². The van der Waals surface area contributed by atoms with Crippen molar-refractivity contribution in [2.45, 2.75) is 19.3 Å². The molecule has 0 N–H and O–H groups in total. The number of para-hydroxylation sites is 3. The number of aromatic nitrogens is 3. The Hall–Kier alpha value is -6.00. The van der Waals surface area contributed by atoms with E-state index in [2.05, 4.69) is 140 Å². The van der Waals surface area contributed by atoms with Gasteiger partial charge < -0.3 is 8.98 Å². The molecule has 6 aromatic carbocycles. The van der Waals surface area contributed by atoms with Crippen molar-refractivity contribution in [3.05, 3.63) is 151 Å². The van der Waals surface area contributed by atoms with Crippen LogP contribution < -0.4 is 0 Å². The van der Waals surface area contributed by atoms with E-state index in [-0.39, 0.29) is 5.41 Å². The van der Waals surface area contributed by atoms with Gasteiger partial charge in [-0.2, -0.15) is 0 Å². The van der Waals surface area contributed by atoms with Crippen molar-refractivity contribution in [1.82, 2.24) is 14.5 Å². The van der Waals surface area contributed by atoms with E-state index in [0.29, 0.717) is 0 Å². The summed E-state index contributed by atoms with van der Waals surface area (Å²) in [4.78, 5) is 10.7. The van der Waals surface area contributed by atoms with Gasteiger partial charge in [-0.1, -0.05) is 123 Å². The summed E-state index contributed by atoms with van der Waals surface area (Å²) in [6.45, 7) is 4.56. The molecule has 0 saturated carbocycles. The van der Waals surface area contributed by atoms with Crippen LogP contribution in [0.1, 0.15) is 25.1 Å². The Kier molecular flexibility index (Phi) is 5.31. The Morgan fingerprint density at radius 1 is 0.553 bits per heavy atom. The van der Waals surface area contributed by atoms with Crippen LogP contribution in [0, 0.1) is 0 Å². The van der Waals surface area contributed by atoms with Gasteiger partial charge >= 0.3 is 0 Å². The second kappa shape index (κ2) is 9.51. The first-order chi connectivity index (χ1) is 23.1. The summed E-state index contributed by atoms with van der Waals surface area (Å²) in [5, 5.41) is 4.57. The first-order valence-corrected chi connectivity index (χ1v) is 16.1. The number of benzene rings is 6. The highest BCUT2D eigenvalue weighted by molar-refractivity contribution is 6.17. The molecule has 0 unspecified atom stereocenters. The first-order valence-electron chi connectivity index (χ1n) is 16.1. The highest BCUT2D eigenvalue weighted by atomic mass is 16.3. The molecule has 0 spiro atoms.